The Morgan fingerprint density at radius 1 is 1.26 bits per heavy atom. The number of hydrogen-bond donors (Lipinski definition) is 2. The van der Waals surface area contributed by atoms with Crippen LogP contribution in [0.5, 0.6) is 17.6 Å². The number of pyridine rings is 2. The number of nitrogens with two attached hydrogens (primary N) is 1. The predicted octanol–water partition coefficient (Wildman–Crippen LogP) is 2.71. The molecule has 0 saturated carbocycles. The number of carbonyl (C=O) groups is 1. The lowest BCUT2D eigenvalue weighted by molar-refractivity contribution is 0.0972. The van der Waals surface area contributed by atoms with E-state index in [-0.39, 0.29) is 27.9 Å². The summed E-state index contributed by atoms with van der Waals surface area (Å²) >= 11 is 0. The molecule has 3 N–H and O–H groups in total. The summed E-state index contributed by atoms with van der Waals surface area (Å²) in [5, 5.41) is 12.7. The normalized spacial score (nSPS) is 15.9. The largest absolute Gasteiger partial charge is 0.481 e. The smallest absolute Gasteiger partial charge is 0.356 e. The van der Waals surface area contributed by atoms with Crippen molar-refractivity contribution in [3.8, 4) is 28.8 Å². The average Bonchev–Trinajstić information content (AvgIpc) is 3.21. The molecule has 2 amide bonds. The van der Waals surface area contributed by atoms with E-state index in [1.165, 1.54) is 20.4 Å². The van der Waals surface area contributed by atoms with Crippen LogP contribution in [0.2, 0.25) is 0 Å². The van der Waals surface area contributed by atoms with Crippen LogP contribution in [0.3, 0.4) is 0 Å². The standard InChI is InChI=1S/C21H25N7O5S/c1-21(2)11-28-19(33-12-21)15(10-24-28)34(22,30)27-20(29)26-18-14(5-6-16(25-18)31-3)13-7-8-23-17(9-13)32-4/h5-10H,11-12H2,1-4H3,(H3,22,25,26,27,29,30). The average molecular weight is 488 g/mol. The number of anilines is 1. The number of methoxy groups -OCH3 is 2. The number of amides is 2. The Balaban J connectivity index is 1.66. The molecule has 3 aromatic rings. The number of hydrogen-bond acceptors (Lipinski definition) is 8. The summed E-state index contributed by atoms with van der Waals surface area (Å²) in [6.07, 6.45) is 2.87. The third-order valence-corrected chi connectivity index (χ3v) is 6.38. The van der Waals surface area contributed by atoms with Crippen LogP contribution in [0.1, 0.15) is 13.8 Å². The Labute approximate surface area is 196 Å². The highest BCUT2D eigenvalue weighted by atomic mass is 32.2. The van der Waals surface area contributed by atoms with Gasteiger partial charge in [-0.3, -0.25) is 5.32 Å². The second-order valence-corrected chi connectivity index (χ2v) is 10.1. The molecule has 34 heavy (non-hydrogen) atoms. The number of nitrogens with zero attached hydrogens (tertiary/aromatic N) is 5. The van der Waals surface area contributed by atoms with Gasteiger partial charge in [0.15, 0.2) is 9.92 Å². The number of carbonyl (C=O) groups excluding carboxylic acids is 1. The van der Waals surface area contributed by atoms with Crippen LogP contribution < -0.4 is 24.7 Å². The van der Waals surface area contributed by atoms with Crippen molar-refractivity contribution >= 4 is 21.8 Å². The maximum atomic E-state index is 13.2. The molecule has 12 nitrogen and oxygen atoms in total. The van der Waals surface area contributed by atoms with Gasteiger partial charge in [-0.1, -0.05) is 13.8 Å². The van der Waals surface area contributed by atoms with Crippen LogP contribution in [0, 0.1) is 5.41 Å². The molecule has 0 aromatic carbocycles. The van der Waals surface area contributed by atoms with E-state index in [0.29, 0.717) is 30.2 Å². The van der Waals surface area contributed by atoms with Gasteiger partial charge in [-0.25, -0.2) is 23.8 Å². The molecule has 4 heterocycles. The molecule has 1 atom stereocenters. The van der Waals surface area contributed by atoms with E-state index in [9.17, 15) is 9.00 Å². The second-order valence-electron chi connectivity index (χ2n) is 8.35. The van der Waals surface area contributed by atoms with Crippen LogP contribution in [-0.4, -0.2) is 50.8 Å². The van der Waals surface area contributed by atoms with Crippen LogP contribution in [0.15, 0.2) is 45.9 Å². The van der Waals surface area contributed by atoms with Crippen molar-refractivity contribution in [1.29, 1.82) is 0 Å². The first-order chi connectivity index (χ1) is 16.1. The van der Waals surface area contributed by atoms with E-state index < -0.39 is 15.9 Å². The first-order valence-electron chi connectivity index (χ1n) is 10.2. The van der Waals surface area contributed by atoms with Gasteiger partial charge in [0.2, 0.25) is 17.6 Å². The molecule has 0 bridgehead atoms. The van der Waals surface area contributed by atoms with Crippen molar-refractivity contribution in [2.45, 2.75) is 25.3 Å². The molecule has 0 saturated heterocycles. The molecule has 1 aliphatic heterocycles. The van der Waals surface area contributed by atoms with Gasteiger partial charge in [0.25, 0.3) is 0 Å². The van der Waals surface area contributed by atoms with E-state index in [1.807, 2.05) is 13.8 Å². The van der Waals surface area contributed by atoms with Crippen molar-refractivity contribution in [3.05, 3.63) is 36.7 Å². The minimum Gasteiger partial charge on any atom is -0.481 e. The lowest BCUT2D eigenvalue weighted by Crippen LogP contribution is -2.33. The van der Waals surface area contributed by atoms with Crippen molar-refractivity contribution < 1.29 is 23.2 Å². The van der Waals surface area contributed by atoms with E-state index in [0.717, 1.165) is 0 Å². The number of aromatic nitrogens is 4. The number of ether oxygens (including phenoxy) is 3. The molecule has 180 valence electrons. The van der Waals surface area contributed by atoms with Crippen LogP contribution in [-0.2, 0) is 16.5 Å². The van der Waals surface area contributed by atoms with E-state index in [1.54, 1.807) is 35.1 Å². The lowest BCUT2D eigenvalue weighted by atomic mass is 9.94. The summed E-state index contributed by atoms with van der Waals surface area (Å²) in [6.45, 7) is 4.98. The maximum Gasteiger partial charge on any atom is 0.356 e. The van der Waals surface area contributed by atoms with Gasteiger partial charge in [-0.15, -0.1) is 4.36 Å². The number of nitrogens with one attached hydrogen (secondary N) is 1. The first kappa shape index (κ1) is 23.4. The highest BCUT2D eigenvalue weighted by Crippen LogP contribution is 2.33. The quantitative estimate of drug-likeness (QED) is 0.556. The lowest BCUT2D eigenvalue weighted by Gasteiger charge is -2.30. The van der Waals surface area contributed by atoms with E-state index >= 15 is 0 Å². The first-order valence-corrected chi connectivity index (χ1v) is 11.8. The fourth-order valence-electron chi connectivity index (χ4n) is 3.40. The summed E-state index contributed by atoms with van der Waals surface area (Å²) in [7, 11) is -0.706. The zero-order chi connectivity index (χ0) is 24.5. The maximum absolute atomic E-state index is 13.2. The molecule has 0 fully saturated rings. The van der Waals surface area contributed by atoms with Crippen molar-refractivity contribution in [2.24, 2.45) is 14.9 Å². The van der Waals surface area contributed by atoms with Gasteiger partial charge in [0, 0.05) is 29.3 Å². The highest BCUT2D eigenvalue weighted by molar-refractivity contribution is 7.91. The highest BCUT2D eigenvalue weighted by Gasteiger charge is 2.32. The van der Waals surface area contributed by atoms with Gasteiger partial charge >= 0.3 is 6.03 Å². The minimum atomic E-state index is -3.65. The van der Waals surface area contributed by atoms with Gasteiger partial charge in [-0.05, 0) is 17.7 Å². The molecule has 3 aromatic heterocycles. The van der Waals surface area contributed by atoms with Gasteiger partial charge in [0.05, 0.1) is 33.6 Å². The molecule has 0 spiro atoms. The summed E-state index contributed by atoms with van der Waals surface area (Å²) < 4.78 is 34.5. The molecular weight excluding hydrogens is 462 g/mol. The van der Waals surface area contributed by atoms with Gasteiger partial charge < -0.3 is 14.2 Å². The summed E-state index contributed by atoms with van der Waals surface area (Å²) in [5.74, 6) is 1.02. The third-order valence-electron chi connectivity index (χ3n) is 5.03. The van der Waals surface area contributed by atoms with Crippen molar-refractivity contribution in [1.82, 2.24) is 19.7 Å². The molecule has 4 rings (SSSR count). The topological polar surface area (TPSA) is 156 Å². The Morgan fingerprint density at radius 3 is 2.76 bits per heavy atom. The predicted molar refractivity (Wildman–Crippen MR) is 124 cm³/mol. The number of fused-ring (bicyclic) bond motifs is 1. The van der Waals surface area contributed by atoms with Crippen molar-refractivity contribution in [3.63, 3.8) is 0 Å². The summed E-state index contributed by atoms with van der Waals surface area (Å²) in [5.41, 5.74) is 1.07. The Morgan fingerprint density at radius 2 is 2.03 bits per heavy atom. The third kappa shape index (κ3) is 4.79. The van der Waals surface area contributed by atoms with Crippen LogP contribution >= 0.6 is 0 Å². The van der Waals surface area contributed by atoms with Crippen LogP contribution in [0.25, 0.3) is 11.1 Å². The Hall–Kier alpha value is -3.71. The fourth-order valence-corrected chi connectivity index (χ4v) is 4.40. The molecule has 1 aliphatic rings. The second kappa shape index (κ2) is 8.91. The number of urea groups is 1. The Kier molecular flexibility index (Phi) is 6.15. The van der Waals surface area contributed by atoms with Crippen molar-refractivity contribution in [2.75, 3.05) is 26.1 Å². The summed E-state index contributed by atoms with van der Waals surface area (Å²) in [6, 6.07) is 5.80. The zero-order valence-electron chi connectivity index (χ0n) is 19.1. The van der Waals surface area contributed by atoms with Gasteiger partial charge in [-0.2, -0.15) is 10.1 Å². The monoisotopic (exact) mass is 487 g/mol. The molecule has 13 heteroatoms. The molecule has 0 aliphatic carbocycles. The Bertz CT molecular complexity index is 1360. The number of rotatable bonds is 5. The van der Waals surface area contributed by atoms with E-state index in [4.69, 9.17) is 19.3 Å². The SMILES string of the molecule is COc1cc(-c2ccc(OC)nc2NC(=O)N=S(N)(=O)c2cnn3c2OCC(C)(C)C3)ccn1. The van der Waals surface area contributed by atoms with Gasteiger partial charge in [0.1, 0.15) is 10.7 Å². The minimum absolute atomic E-state index is 0.0517. The summed E-state index contributed by atoms with van der Waals surface area (Å²) in [4.78, 5) is 21.2. The van der Waals surface area contributed by atoms with E-state index in [2.05, 4.69) is 24.7 Å². The molecule has 0 radical (unpaired) electrons. The molecular formula is C21H25N7O5S. The fraction of sp³-hybridized carbons (Fsp3) is 0.333. The molecule has 1 unspecified atom stereocenters. The zero-order valence-corrected chi connectivity index (χ0v) is 20.0. The van der Waals surface area contributed by atoms with Crippen LogP contribution in [0.4, 0.5) is 10.6 Å².